The fraction of sp³-hybridized carbons (Fsp3) is 0.200. The van der Waals surface area contributed by atoms with Gasteiger partial charge < -0.3 is 20.1 Å². The van der Waals surface area contributed by atoms with Crippen LogP contribution < -0.4 is 15.4 Å². The Labute approximate surface area is 172 Å². The van der Waals surface area contributed by atoms with Gasteiger partial charge in [0.15, 0.2) is 6.61 Å². The number of para-hydroxylation sites is 1. The molecule has 0 spiro atoms. The van der Waals surface area contributed by atoms with Gasteiger partial charge in [-0.2, -0.15) is 5.26 Å². The third kappa shape index (κ3) is 6.52. The van der Waals surface area contributed by atoms with Gasteiger partial charge in [-0.3, -0.25) is 14.4 Å². The van der Waals surface area contributed by atoms with E-state index >= 15 is 0 Å². The molecule has 0 bridgehead atoms. The summed E-state index contributed by atoms with van der Waals surface area (Å²) in [6.45, 7) is -0.445. The van der Waals surface area contributed by atoms with Gasteiger partial charge in [-0.25, -0.2) is 0 Å². The summed E-state index contributed by atoms with van der Waals surface area (Å²) in [5.74, 6) is -1.16. The Balaban J connectivity index is 1.73. The van der Waals surface area contributed by atoms with Crippen LogP contribution in [-0.2, 0) is 14.3 Å². The van der Waals surface area contributed by atoms with Crippen molar-refractivity contribution >= 4 is 35.1 Å². The zero-order chi connectivity index (χ0) is 21.2. The van der Waals surface area contributed by atoms with Crippen LogP contribution in [-0.4, -0.2) is 38.0 Å². The van der Waals surface area contributed by atoms with E-state index in [0.717, 1.165) is 0 Å². The number of ether oxygens (including phenoxy) is 2. The van der Waals surface area contributed by atoms with E-state index < -0.39 is 18.5 Å². The quantitative estimate of drug-likeness (QED) is 0.639. The SMILES string of the molecule is COc1ccccc1C(=O)NCCC(=O)OCC(=O)Nc1ccc(C#N)c(Cl)c1. The van der Waals surface area contributed by atoms with E-state index in [1.54, 1.807) is 24.3 Å². The highest BCUT2D eigenvalue weighted by molar-refractivity contribution is 6.32. The van der Waals surface area contributed by atoms with Crippen LogP contribution in [0.1, 0.15) is 22.3 Å². The van der Waals surface area contributed by atoms with Gasteiger partial charge in [0.05, 0.1) is 29.7 Å². The van der Waals surface area contributed by atoms with Crippen LogP contribution in [0.2, 0.25) is 5.02 Å². The highest BCUT2D eigenvalue weighted by Crippen LogP contribution is 2.20. The van der Waals surface area contributed by atoms with Gasteiger partial charge in [0.25, 0.3) is 11.8 Å². The molecule has 0 aromatic heterocycles. The summed E-state index contributed by atoms with van der Waals surface area (Å²) in [7, 11) is 1.46. The molecule has 0 aliphatic carbocycles. The minimum absolute atomic E-state index is 0.0442. The standard InChI is InChI=1S/C20H18ClN3O5/c1-28-17-5-3-2-4-15(17)20(27)23-9-8-19(26)29-12-18(25)24-14-7-6-13(11-22)16(21)10-14/h2-7,10H,8-9,12H2,1H3,(H,23,27)(H,24,25). The number of methoxy groups -OCH3 is 1. The molecule has 0 heterocycles. The number of halogens is 1. The Bertz CT molecular complexity index is 955. The van der Waals surface area contributed by atoms with Crippen LogP contribution in [0.3, 0.4) is 0 Å². The highest BCUT2D eigenvalue weighted by Gasteiger charge is 2.13. The molecule has 0 atom stereocenters. The fourth-order valence-corrected chi connectivity index (χ4v) is 2.53. The number of carbonyl (C=O) groups excluding carboxylic acids is 3. The third-order valence-electron chi connectivity index (χ3n) is 3.70. The van der Waals surface area contributed by atoms with Crippen molar-refractivity contribution in [3.8, 4) is 11.8 Å². The second-order valence-electron chi connectivity index (χ2n) is 5.72. The molecule has 0 unspecified atom stereocenters. The molecule has 0 aliphatic heterocycles. The minimum Gasteiger partial charge on any atom is -0.496 e. The first-order valence-corrected chi connectivity index (χ1v) is 8.88. The van der Waals surface area contributed by atoms with E-state index in [-0.39, 0.29) is 29.5 Å². The lowest BCUT2D eigenvalue weighted by atomic mass is 10.2. The Kier molecular flexibility index (Phi) is 8.00. The molecule has 2 aromatic rings. The average molecular weight is 416 g/mol. The van der Waals surface area contributed by atoms with Crippen molar-refractivity contribution in [2.24, 2.45) is 0 Å². The highest BCUT2D eigenvalue weighted by atomic mass is 35.5. The molecule has 2 rings (SSSR count). The molecule has 0 fully saturated rings. The fourth-order valence-electron chi connectivity index (χ4n) is 2.30. The molecule has 0 radical (unpaired) electrons. The topological polar surface area (TPSA) is 118 Å². The molecular formula is C20H18ClN3O5. The van der Waals surface area contributed by atoms with Crippen LogP contribution in [0, 0.1) is 11.3 Å². The van der Waals surface area contributed by atoms with Crippen LogP contribution in [0.25, 0.3) is 0 Å². The molecule has 2 N–H and O–H groups in total. The van der Waals surface area contributed by atoms with E-state index in [4.69, 9.17) is 26.3 Å². The van der Waals surface area contributed by atoms with Crippen LogP contribution in [0.4, 0.5) is 5.69 Å². The van der Waals surface area contributed by atoms with Crippen LogP contribution >= 0.6 is 11.6 Å². The molecule has 8 nitrogen and oxygen atoms in total. The van der Waals surface area contributed by atoms with Gasteiger partial charge in [0.1, 0.15) is 11.8 Å². The number of amides is 2. The minimum atomic E-state index is -0.640. The molecule has 29 heavy (non-hydrogen) atoms. The number of nitrogens with zero attached hydrogens (tertiary/aromatic N) is 1. The Hall–Kier alpha value is -3.57. The van der Waals surface area contributed by atoms with Gasteiger partial charge in [-0.05, 0) is 30.3 Å². The van der Waals surface area contributed by atoms with Gasteiger partial charge in [0.2, 0.25) is 0 Å². The number of nitrogens with one attached hydrogen (secondary N) is 2. The lowest BCUT2D eigenvalue weighted by molar-refractivity contribution is -0.147. The number of hydrogen-bond acceptors (Lipinski definition) is 6. The second kappa shape index (κ2) is 10.7. The number of rotatable bonds is 8. The van der Waals surface area contributed by atoms with Crippen molar-refractivity contribution < 1.29 is 23.9 Å². The Morgan fingerprint density at radius 2 is 1.93 bits per heavy atom. The van der Waals surface area contributed by atoms with Gasteiger partial charge in [-0.15, -0.1) is 0 Å². The van der Waals surface area contributed by atoms with Crippen molar-refractivity contribution in [3.63, 3.8) is 0 Å². The first-order chi connectivity index (χ1) is 13.9. The second-order valence-corrected chi connectivity index (χ2v) is 6.13. The molecule has 2 aromatic carbocycles. The summed E-state index contributed by atoms with van der Waals surface area (Å²) in [4.78, 5) is 35.7. The summed E-state index contributed by atoms with van der Waals surface area (Å²) in [6.07, 6.45) is -0.100. The maximum atomic E-state index is 12.1. The number of nitriles is 1. The molecule has 0 saturated carbocycles. The number of esters is 1. The zero-order valence-electron chi connectivity index (χ0n) is 15.5. The smallest absolute Gasteiger partial charge is 0.308 e. The number of anilines is 1. The number of benzene rings is 2. The summed E-state index contributed by atoms with van der Waals surface area (Å²) in [5.41, 5.74) is 1.01. The molecule has 0 aliphatic rings. The summed E-state index contributed by atoms with van der Waals surface area (Å²) >= 11 is 5.89. The molecule has 2 amide bonds. The average Bonchev–Trinajstić information content (AvgIpc) is 2.72. The zero-order valence-corrected chi connectivity index (χ0v) is 16.3. The van der Waals surface area contributed by atoms with E-state index in [0.29, 0.717) is 17.0 Å². The lowest BCUT2D eigenvalue weighted by Crippen LogP contribution is -2.28. The van der Waals surface area contributed by atoms with Crippen molar-refractivity contribution in [2.75, 3.05) is 25.6 Å². The van der Waals surface area contributed by atoms with Crippen molar-refractivity contribution in [2.45, 2.75) is 6.42 Å². The van der Waals surface area contributed by atoms with Crippen molar-refractivity contribution in [3.05, 3.63) is 58.6 Å². The normalized spacial score (nSPS) is 9.83. The van der Waals surface area contributed by atoms with Crippen molar-refractivity contribution in [1.82, 2.24) is 5.32 Å². The lowest BCUT2D eigenvalue weighted by Gasteiger charge is -2.09. The largest absolute Gasteiger partial charge is 0.496 e. The van der Waals surface area contributed by atoms with Crippen molar-refractivity contribution in [1.29, 1.82) is 5.26 Å². The van der Waals surface area contributed by atoms with Gasteiger partial charge >= 0.3 is 5.97 Å². The third-order valence-corrected chi connectivity index (χ3v) is 4.02. The van der Waals surface area contributed by atoms with E-state index in [2.05, 4.69) is 10.6 Å². The van der Waals surface area contributed by atoms with Gasteiger partial charge in [-0.1, -0.05) is 23.7 Å². The maximum absolute atomic E-state index is 12.1. The Morgan fingerprint density at radius 1 is 1.17 bits per heavy atom. The molecule has 9 heteroatoms. The monoisotopic (exact) mass is 415 g/mol. The molecule has 150 valence electrons. The summed E-state index contributed by atoms with van der Waals surface area (Å²) in [5, 5.41) is 14.1. The van der Waals surface area contributed by atoms with E-state index in [1.807, 2.05) is 6.07 Å². The molecule has 0 saturated heterocycles. The first kappa shape index (κ1) is 21.7. The van der Waals surface area contributed by atoms with Crippen LogP contribution in [0.5, 0.6) is 5.75 Å². The predicted octanol–water partition coefficient (Wildman–Crippen LogP) is 2.52. The van der Waals surface area contributed by atoms with Gasteiger partial charge in [0, 0.05) is 12.2 Å². The number of carbonyl (C=O) groups is 3. The van der Waals surface area contributed by atoms with E-state index in [9.17, 15) is 14.4 Å². The Morgan fingerprint density at radius 3 is 2.62 bits per heavy atom. The summed E-state index contributed by atoms with van der Waals surface area (Å²) in [6, 6.07) is 13.0. The number of hydrogen-bond donors (Lipinski definition) is 2. The molecular weight excluding hydrogens is 398 g/mol. The maximum Gasteiger partial charge on any atom is 0.308 e. The predicted molar refractivity (Wildman–Crippen MR) is 106 cm³/mol. The first-order valence-electron chi connectivity index (χ1n) is 8.51. The van der Waals surface area contributed by atoms with E-state index in [1.165, 1.54) is 25.3 Å². The van der Waals surface area contributed by atoms with Crippen LogP contribution in [0.15, 0.2) is 42.5 Å². The summed E-state index contributed by atoms with van der Waals surface area (Å²) < 4.78 is 9.98.